The largest absolute Gasteiger partial charge is 0.0984 e. The minimum Gasteiger partial charge on any atom is -0.0984 e. The molecule has 0 amide bonds. The van der Waals surface area contributed by atoms with Gasteiger partial charge in [-0.05, 0) is 59.0 Å². The SMILES string of the molecule is C=Cc1c(C=C)c(C#Cc2ccccc2C)c2ccccc2c1C#Cc1ccccc1C. The minimum atomic E-state index is 0.954. The molecule has 4 rings (SSSR count). The first-order valence-corrected chi connectivity index (χ1v) is 10.6. The van der Waals surface area contributed by atoms with Crippen LogP contribution in [0.5, 0.6) is 0 Å². The minimum absolute atomic E-state index is 0.954. The van der Waals surface area contributed by atoms with E-state index in [1.54, 1.807) is 0 Å². The van der Waals surface area contributed by atoms with Gasteiger partial charge in [0.15, 0.2) is 0 Å². The molecule has 0 N–H and O–H groups in total. The lowest BCUT2D eigenvalue weighted by Gasteiger charge is -2.13. The number of fused-ring (bicyclic) bond motifs is 1. The standard InChI is InChI=1S/C32H24/c1-5-27-28(6-2)32(22-20-26-16-10-8-14-24(26)4)30-18-12-11-17-29(30)31(27)21-19-25-15-9-7-13-23(25)3/h5-18H,1-2H2,3-4H3. The molecule has 32 heavy (non-hydrogen) atoms. The second-order valence-corrected chi connectivity index (χ2v) is 7.66. The van der Waals surface area contributed by atoms with Crippen LogP contribution in [0.3, 0.4) is 0 Å². The molecule has 152 valence electrons. The fourth-order valence-electron chi connectivity index (χ4n) is 3.86. The number of hydrogen-bond donors (Lipinski definition) is 0. The first kappa shape index (κ1) is 21.0. The molecule has 4 aromatic rings. The van der Waals surface area contributed by atoms with E-state index >= 15 is 0 Å². The Hall–Kier alpha value is -4.26. The van der Waals surface area contributed by atoms with Crippen molar-refractivity contribution < 1.29 is 0 Å². The highest BCUT2D eigenvalue weighted by atomic mass is 14.2. The van der Waals surface area contributed by atoms with Gasteiger partial charge in [-0.3, -0.25) is 0 Å². The predicted molar refractivity (Wildman–Crippen MR) is 138 cm³/mol. The molecule has 0 saturated carbocycles. The van der Waals surface area contributed by atoms with E-state index in [1.807, 2.05) is 48.6 Å². The summed E-state index contributed by atoms with van der Waals surface area (Å²) in [7, 11) is 0. The van der Waals surface area contributed by atoms with Crippen LogP contribution in [0.25, 0.3) is 22.9 Å². The summed E-state index contributed by atoms with van der Waals surface area (Å²) in [6.07, 6.45) is 3.73. The molecular formula is C32H24. The zero-order valence-electron chi connectivity index (χ0n) is 18.5. The van der Waals surface area contributed by atoms with E-state index in [4.69, 9.17) is 0 Å². The maximum absolute atomic E-state index is 4.09. The summed E-state index contributed by atoms with van der Waals surface area (Å²) in [5.41, 5.74) is 8.21. The Morgan fingerprint density at radius 3 is 1.28 bits per heavy atom. The number of hydrogen-bond acceptors (Lipinski definition) is 0. The normalized spacial score (nSPS) is 9.94. The van der Waals surface area contributed by atoms with Crippen LogP contribution < -0.4 is 0 Å². The van der Waals surface area contributed by atoms with Gasteiger partial charge in [-0.1, -0.05) is 110 Å². The van der Waals surface area contributed by atoms with Crippen LogP contribution in [-0.2, 0) is 0 Å². The molecule has 0 aromatic heterocycles. The van der Waals surface area contributed by atoms with E-state index in [9.17, 15) is 0 Å². The van der Waals surface area contributed by atoms with Crippen LogP contribution in [0, 0.1) is 37.5 Å². The fourth-order valence-corrected chi connectivity index (χ4v) is 3.86. The van der Waals surface area contributed by atoms with E-state index in [0.29, 0.717) is 0 Å². The third-order valence-electron chi connectivity index (χ3n) is 5.64. The lowest BCUT2D eigenvalue weighted by Crippen LogP contribution is -1.96. The van der Waals surface area contributed by atoms with Crippen molar-refractivity contribution in [2.45, 2.75) is 13.8 Å². The molecular weight excluding hydrogens is 384 g/mol. The Kier molecular flexibility index (Phi) is 6.07. The maximum atomic E-state index is 4.09. The van der Waals surface area contributed by atoms with Gasteiger partial charge in [0.05, 0.1) is 0 Å². The topological polar surface area (TPSA) is 0 Å². The zero-order valence-corrected chi connectivity index (χ0v) is 18.5. The molecule has 0 aliphatic rings. The second kappa shape index (κ2) is 9.26. The molecule has 4 aromatic carbocycles. The van der Waals surface area contributed by atoms with Gasteiger partial charge in [-0.25, -0.2) is 0 Å². The van der Waals surface area contributed by atoms with Crippen molar-refractivity contribution in [1.82, 2.24) is 0 Å². The summed E-state index contributed by atoms with van der Waals surface area (Å²) in [6.45, 7) is 12.3. The lowest BCUT2D eigenvalue weighted by molar-refractivity contribution is 1.43. The van der Waals surface area contributed by atoms with Crippen LogP contribution in [0.4, 0.5) is 0 Å². The Labute approximate surface area is 190 Å². The van der Waals surface area contributed by atoms with Crippen LogP contribution in [0.15, 0.2) is 86.0 Å². The van der Waals surface area contributed by atoms with Gasteiger partial charge in [0.1, 0.15) is 0 Å². The van der Waals surface area contributed by atoms with Gasteiger partial charge in [0.2, 0.25) is 0 Å². The lowest BCUT2D eigenvalue weighted by atomic mass is 9.88. The molecule has 0 radical (unpaired) electrons. The number of rotatable bonds is 2. The maximum Gasteiger partial charge on any atom is 0.0406 e. The summed E-state index contributed by atoms with van der Waals surface area (Å²) >= 11 is 0. The van der Waals surface area contributed by atoms with E-state index < -0.39 is 0 Å². The third kappa shape index (κ3) is 4.00. The highest BCUT2D eigenvalue weighted by molar-refractivity contribution is 5.99. The van der Waals surface area contributed by atoms with Crippen molar-refractivity contribution in [3.8, 4) is 23.7 Å². The summed E-state index contributed by atoms with van der Waals surface area (Å²) in [4.78, 5) is 0. The highest BCUT2D eigenvalue weighted by Gasteiger charge is 2.14. The summed E-state index contributed by atoms with van der Waals surface area (Å²) < 4.78 is 0. The van der Waals surface area contributed by atoms with Crippen molar-refractivity contribution in [3.63, 3.8) is 0 Å². The van der Waals surface area contributed by atoms with Gasteiger partial charge in [-0.15, -0.1) is 0 Å². The Morgan fingerprint density at radius 2 is 0.906 bits per heavy atom. The van der Waals surface area contributed by atoms with Crippen molar-refractivity contribution in [3.05, 3.63) is 130 Å². The predicted octanol–water partition coefficient (Wildman–Crippen LogP) is 7.54. The summed E-state index contributed by atoms with van der Waals surface area (Å²) in [5, 5.41) is 2.14. The Bertz CT molecular complexity index is 1360. The average molecular weight is 409 g/mol. The van der Waals surface area contributed by atoms with Crippen LogP contribution in [0.1, 0.15) is 44.5 Å². The quantitative estimate of drug-likeness (QED) is 0.301. The molecule has 0 aliphatic heterocycles. The van der Waals surface area contributed by atoms with E-state index in [2.05, 4.69) is 87.1 Å². The van der Waals surface area contributed by atoms with E-state index in [1.165, 1.54) is 0 Å². The Morgan fingerprint density at radius 1 is 0.531 bits per heavy atom. The second-order valence-electron chi connectivity index (χ2n) is 7.66. The fraction of sp³-hybridized carbons (Fsp3) is 0.0625. The van der Waals surface area contributed by atoms with Gasteiger partial charge in [0.25, 0.3) is 0 Å². The highest BCUT2D eigenvalue weighted by Crippen LogP contribution is 2.32. The molecule has 0 aliphatic carbocycles. The molecule has 0 fully saturated rings. The van der Waals surface area contributed by atoms with Crippen LogP contribution in [-0.4, -0.2) is 0 Å². The number of benzene rings is 4. The van der Waals surface area contributed by atoms with Crippen LogP contribution in [0.2, 0.25) is 0 Å². The molecule has 0 nitrogen and oxygen atoms in total. The summed E-state index contributed by atoms with van der Waals surface area (Å²) in [6, 6.07) is 24.7. The van der Waals surface area contributed by atoms with Crippen molar-refractivity contribution in [1.29, 1.82) is 0 Å². The average Bonchev–Trinajstić information content (AvgIpc) is 2.82. The Balaban J connectivity index is 2.01. The zero-order chi connectivity index (χ0) is 22.5. The van der Waals surface area contributed by atoms with Crippen molar-refractivity contribution >= 4 is 22.9 Å². The van der Waals surface area contributed by atoms with Crippen molar-refractivity contribution in [2.24, 2.45) is 0 Å². The molecule has 0 bridgehead atoms. The number of aryl methyl sites for hydroxylation is 2. The molecule has 0 saturated heterocycles. The van der Waals surface area contributed by atoms with E-state index in [0.717, 1.165) is 55.3 Å². The monoisotopic (exact) mass is 408 g/mol. The molecule has 0 spiro atoms. The van der Waals surface area contributed by atoms with Gasteiger partial charge < -0.3 is 0 Å². The van der Waals surface area contributed by atoms with Gasteiger partial charge in [-0.2, -0.15) is 0 Å². The smallest absolute Gasteiger partial charge is 0.0406 e. The first-order chi connectivity index (χ1) is 15.6. The molecule has 0 heteroatoms. The van der Waals surface area contributed by atoms with Gasteiger partial charge in [0, 0.05) is 22.3 Å². The molecule has 0 heterocycles. The van der Waals surface area contributed by atoms with Crippen molar-refractivity contribution in [2.75, 3.05) is 0 Å². The molecule has 0 unspecified atom stereocenters. The van der Waals surface area contributed by atoms with E-state index in [-0.39, 0.29) is 0 Å². The van der Waals surface area contributed by atoms with Gasteiger partial charge >= 0.3 is 0 Å². The first-order valence-electron chi connectivity index (χ1n) is 10.6. The third-order valence-corrected chi connectivity index (χ3v) is 5.64. The molecule has 0 atom stereocenters. The van der Waals surface area contributed by atoms with Crippen LogP contribution >= 0.6 is 0 Å². The summed E-state index contributed by atoms with van der Waals surface area (Å²) in [5.74, 6) is 13.6.